The van der Waals surface area contributed by atoms with Crippen molar-refractivity contribution in [2.75, 3.05) is 12.3 Å². The summed E-state index contributed by atoms with van der Waals surface area (Å²) in [4.78, 5) is 14.4. The molecule has 5 heteroatoms. The van der Waals surface area contributed by atoms with Gasteiger partial charge in [0.05, 0.1) is 6.54 Å². The molecule has 0 aromatic carbocycles. The summed E-state index contributed by atoms with van der Waals surface area (Å²) < 4.78 is 0. The summed E-state index contributed by atoms with van der Waals surface area (Å²) >= 11 is 3.72. The van der Waals surface area contributed by atoms with Gasteiger partial charge in [0.2, 0.25) is 5.91 Å². The molecule has 3 nitrogen and oxygen atoms in total. The van der Waals surface area contributed by atoms with Gasteiger partial charge in [-0.2, -0.15) is 23.1 Å². The van der Waals surface area contributed by atoms with Crippen LogP contribution in [0.2, 0.25) is 0 Å². The molecule has 19 heavy (non-hydrogen) atoms. The van der Waals surface area contributed by atoms with Crippen LogP contribution in [0.15, 0.2) is 16.8 Å². The molecule has 0 bridgehead atoms. The molecule has 3 unspecified atom stereocenters. The van der Waals surface area contributed by atoms with Gasteiger partial charge in [-0.05, 0) is 41.0 Å². The first-order chi connectivity index (χ1) is 9.31. The van der Waals surface area contributed by atoms with Crippen molar-refractivity contribution in [1.82, 2.24) is 10.2 Å². The van der Waals surface area contributed by atoms with E-state index < -0.39 is 0 Å². The largest absolute Gasteiger partial charge is 0.318 e. The molecule has 1 saturated heterocycles. The average molecular weight is 296 g/mol. The van der Waals surface area contributed by atoms with Gasteiger partial charge < -0.3 is 4.90 Å². The third-order valence-corrected chi connectivity index (χ3v) is 6.04. The third-order valence-electron chi connectivity index (χ3n) is 4.03. The summed E-state index contributed by atoms with van der Waals surface area (Å²) in [7, 11) is 0. The van der Waals surface area contributed by atoms with Gasteiger partial charge in [-0.25, -0.2) is 0 Å². The quantitative estimate of drug-likeness (QED) is 0.927. The monoisotopic (exact) mass is 296 g/mol. The van der Waals surface area contributed by atoms with Gasteiger partial charge in [0, 0.05) is 11.3 Å². The summed E-state index contributed by atoms with van der Waals surface area (Å²) in [6.45, 7) is 2.70. The van der Waals surface area contributed by atoms with Crippen molar-refractivity contribution in [3.8, 4) is 0 Å². The van der Waals surface area contributed by atoms with Gasteiger partial charge in [-0.1, -0.05) is 13.3 Å². The number of nitrogens with zero attached hydrogens (tertiary/aromatic N) is 1. The van der Waals surface area contributed by atoms with Crippen LogP contribution in [0, 0.1) is 0 Å². The molecule has 1 aliphatic carbocycles. The lowest BCUT2D eigenvalue weighted by Gasteiger charge is -2.33. The van der Waals surface area contributed by atoms with Crippen molar-refractivity contribution < 1.29 is 4.79 Å². The second-order valence-corrected chi connectivity index (χ2v) is 7.43. The second-order valence-electron chi connectivity index (χ2n) is 5.13. The fourth-order valence-corrected chi connectivity index (χ4v) is 5.17. The predicted octanol–water partition coefficient (Wildman–Crippen LogP) is 2.85. The highest BCUT2D eigenvalue weighted by Crippen LogP contribution is 2.38. The fourth-order valence-electron chi connectivity index (χ4n) is 3.24. The van der Waals surface area contributed by atoms with Crippen LogP contribution in [-0.2, 0) is 4.79 Å². The van der Waals surface area contributed by atoms with Crippen LogP contribution >= 0.6 is 23.1 Å². The van der Waals surface area contributed by atoms with Crippen molar-refractivity contribution >= 4 is 29.0 Å². The summed E-state index contributed by atoms with van der Waals surface area (Å²) in [5.41, 5.74) is 1.24. The van der Waals surface area contributed by atoms with Crippen LogP contribution in [0.25, 0.3) is 0 Å². The minimum Gasteiger partial charge on any atom is -0.318 e. The van der Waals surface area contributed by atoms with E-state index >= 15 is 0 Å². The number of thiophene rings is 1. The molecule has 1 aromatic rings. The number of hydrogen-bond acceptors (Lipinski definition) is 4. The molecule has 1 saturated carbocycles. The number of carbonyl (C=O) groups excluding carboxylic acids is 1. The first kappa shape index (κ1) is 13.5. The van der Waals surface area contributed by atoms with E-state index in [1.807, 2.05) is 11.8 Å². The van der Waals surface area contributed by atoms with Gasteiger partial charge in [-0.15, -0.1) is 0 Å². The third kappa shape index (κ3) is 2.56. The Kier molecular flexibility index (Phi) is 4.15. The first-order valence-corrected chi connectivity index (χ1v) is 8.98. The van der Waals surface area contributed by atoms with E-state index in [9.17, 15) is 4.79 Å². The Balaban J connectivity index is 1.82. The Morgan fingerprint density at radius 2 is 2.42 bits per heavy atom. The molecule has 3 rings (SSSR count). The minimum atomic E-state index is 0.0989. The average Bonchev–Trinajstić information content (AvgIpc) is 3.09. The van der Waals surface area contributed by atoms with Gasteiger partial charge in [0.15, 0.2) is 0 Å². The zero-order valence-electron chi connectivity index (χ0n) is 11.2. The maximum Gasteiger partial charge on any atom is 0.238 e. The molecule has 2 heterocycles. The van der Waals surface area contributed by atoms with E-state index in [0.29, 0.717) is 17.8 Å². The highest BCUT2D eigenvalue weighted by atomic mass is 32.2. The first-order valence-electron chi connectivity index (χ1n) is 6.99. The number of hydrogen-bond donors (Lipinski definition) is 1. The van der Waals surface area contributed by atoms with E-state index in [1.165, 1.54) is 18.4 Å². The molecule has 2 fully saturated rings. The van der Waals surface area contributed by atoms with E-state index in [4.69, 9.17) is 0 Å². The lowest BCUT2D eigenvalue weighted by Crippen LogP contribution is -2.42. The summed E-state index contributed by atoms with van der Waals surface area (Å²) in [5.74, 6) is 1.41. The second kappa shape index (κ2) is 5.85. The molecule has 0 spiro atoms. The van der Waals surface area contributed by atoms with Crippen LogP contribution in [0.3, 0.4) is 0 Å². The Morgan fingerprint density at radius 3 is 3.16 bits per heavy atom. The van der Waals surface area contributed by atoms with Crippen LogP contribution in [0.4, 0.5) is 0 Å². The molecule has 1 aliphatic heterocycles. The van der Waals surface area contributed by atoms with Crippen LogP contribution < -0.4 is 5.32 Å². The fraction of sp³-hybridized carbons (Fsp3) is 0.643. The van der Waals surface area contributed by atoms with E-state index in [2.05, 4.69) is 34.0 Å². The van der Waals surface area contributed by atoms with E-state index in [0.717, 1.165) is 12.2 Å². The lowest BCUT2D eigenvalue weighted by molar-refractivity contribution is -0.130. The van der Waals surface area contributed by atoms with Gasteiger partial charge in [0.1, 0.15) is 6.17 Å². The lowest BCUT2D eigenvalue weighted by atomic mass is 10.1. The number of nitrogens with one attached hydrogen (secondary N) is 1. The zero-order chi connectivity index (χ0) is 13.2. The maximum absolute atomic E-state index is 12.3. The van der Waals surface area contributed by atoms with E-state index in [1.54, 1.807) is 11.3 Å². The van der Waals surface area contributed by atoms with Crippen molar-refractivity contribution in [2.45, 2.75) is 43.6 Å². The van der Waals surface area contributed by atoms with Gasteiger partial charge in [0.25, 0.3) is 0 Å². The van der Waals surface area contributed by atoms with Crippen molar-refractivity contribution in [2.24, 2.45) is 0 Å². The topological polar surface area (TPSA) is 32.3 Å². The zero-order valence-corrected chi connectivity index (χ0v) is 12.8. The Morgan fingerprint density at radius 1 is 1.53 bits per heavy atom. The molecule has 1 N–H and O–H groups in total. The number of rotatable bonds is 4. The normalized spacial score (nSPS) is 31.3. The SMILES string of the molecule is CCSC1CCCC1N1C(=O)CNC1c1ccsc1. The molecule has 2 aliphatic rings. The predicted molar refractivity (Wildman–Crippen MR) is 81.5 cm³/mol. The van der Waals surface area contributed by atoms with Crippen LogP contribution in [0.5, 0.6) is 0 Å². The number of thioether (sulfide) groups is 1. The molecule has 1 amide bonds. The minimum absolute atomic E-state index is 0.0989. The van der Waals surface area contributed by atoms with Gasteiger partial charge >= 0.3 is 0 Å². The van der Waals surface area contributed by atoms with E-state index in [-0.39, 0.29) is 12.1 Å². The molecule has 0 radical (unpaired) electrons. The smallest absolute Gasteiger partial charge is 0.238 e. The highest BCUT2D eigenvalue weighted by Gasteiger charge is 2.42. The van der Waals surface area contributed by atoms with Crippen molar-refractivity contribution in [1.29, 1.82) is 0 Å². The Labute approximate surface area is 122 Å². The highest BCUT2D eigenvalue weighted by molar-refractivity contribution is 7.99. The molecule has 3 atom stereocenters. The van der Waals surface area contributed by atoms with Crippen LogP contribution in [-0.4, -0.2) is 34.4 Å². The molecular weight excluding hydrogens is 276 g/mol. The Bertz CT molecular complexity index is 435. The molecule has 1 aromatic heterocycles. The van der Waals surface area contributed by atoms with Gasteiger partial charge in [-0.3, -0.25) is 10.1 Å². The molecule has 104 valence electrons. The standard InChI is InChI=1S/C14H20N2OS2/c1-2-19-12-5-3-4-11(12)16-13(17)8-15-14(16)10-6-7-18-9-10/h6-7,9,11-12,14-15H,2-5,8H2,1H3. The van der Waals surface area contributed by atoms with Crippen molar-refractivity contribution in [3.05, 3.63) is 22.4 Å². The van der Waals surface area contributed by atoms with Crippen molar-refractivity contribution in [3.63, 3.8) is 0 Å². The van der Waals surface area contributed by atoms with Crippen LogP contribution in [0.1, 0.15) is 37.9 Å². The summed E-state index contributed by atoms with van der Waals surface area (Å²) in [6, 6.07) is 2.54. The number of amides is 1. The summed E-state index contributed by atoms with van der Waals surface area (Å²) in [5, 5.41) is 8.23. The maximum atomic E-state index is 12.3. The Hall–Kier alpha value is -0.520. The summed E-state index contributed by atoms with van der Waals surface area (Å²) in [6.07, 6.45) is 3.76. The number of carbonyl (C=O) groups is 1. The molecular formula is C14H20N2OS2.